The number of fused-ring (bicyclic) bond motifs is 1. The monoisotopic (exact) mass is 420 g/mol. The third-order valence-electron chi connectivity index (χ3n) is 5.07. The summed E-state index contributed by atoms with van der Waals surface area (Å²) in [5, 5.41) is 4.32. The molecule has 3 aromatic rings. The minimum Gasteiger partial charge on any atom is -0.354 e. The van der Waals surface area contributed by atoms with E-state index in [1.54, 1.807) is 18.0 Å². The molecule has 9 heteroatoms. The lowest BCUT2D eigenvalue weighted by Crippen LogP contribution is -2.34. The summed E-state index contributed by atoms with van der Waals surface area (Å²) in [6.45, 7) is 4.00. The minimum atomic E-state index is -4.52. The summed E-state index contributed by atoms with van der Waals surface area (Å²) in [6, 6.07) is 4.31. The first-order valence-electron chi connectivity index (χ1n) is 9.24. The van der Waals surface area contributed by atoms with E-state index < -0.39 is 11.9 Å². The van der Waals surface area contributed by atoms with Gasteiger partial charge in [-0.05, 0) is 40.9 Å². The molecule has 4 rings (SSSR count). The van der Waals surface area contributed by atoms with Crippen molar-refractivity contribution in [2.45, 2.75) is 19.5 Å². The average molecular weight is 420 g/mol. The van der Waals surface area contributed by atoms with Crippen LogP contribution in [-0.2, 0) is 11.0 Å². The van der Waals surface area contributed by atoms with Gasteiger partial charge in [0.15, 0.2) is 0 Å². The second-order valence-corrected chi connectivity index (χ2v) is 7.72. The van der Waals surface area contributed by atoms with Crippen molar-refractivity contribution in [1.29, 1.82) is 0 Å². The Morgan fingerprint density at radius 3 is 2.66 bits per heavy atom. The first-order valence-corrected chi connectivity index (χ1v) is 10.2. The van der Waals surface area contributed by atoms with Gasteiger partial charge in [-0.3, -0.25) is 4.79 Å². The molecule has 1 amide bonds. The van der Waals surface area contributed by atoms with Crippen LogP contribution < -0.4 is 4.90 Å². The molecule has 0 aliphatic carbocycles. The molecule has 0 saturated carbocycles. The van der Waals surface area contributed by atoms with Crippen molar-refractivity contribution in [3.05, 3.63) is 40.8 Å². The highest BCUT2D eigenvalue weighted by molar-refractivity contribution is 7.08. The fourth-order valence-electron chi connectivity index (χ4n) is 3.58. The molecule has 1 aliphatic heterocycles. The molecule has 29 heavy (non-hydrogen) atoms. The number of amides is 1. The molecule has 5 nitrogen and oxygen atoms in total. The number of carbonyl (C=O) groups excluding carboxylic acids is 1. The molecule has 0 atom stereocenters. The molecule has 3 aromatic heterocycles. The van der Waals surface area contributed by atoms with E-state index >= 15 is 0 Å². The highest BCUT2D eigenvalue weighted by Crippen LogP contribution is 2.36. The number of hydrogen-bond acceptors (Lipinski definition) is 5. The van der Waals surface area contributed by atoms with Crippen LogP contribution in [0.25, 0.3) is 22.0 Å². The Balaban J connectivity index is 1.82. The zero-order chi connectivity index (χ0) is 20.6. The minimum absolute atomic E-state index is 0.0222. The Kier molecular flexibility index (Phi) is 5.16. The summed E-state index contributed by atoms with van der Waals surface area (Å²) in [4.78, 5) is 24.1. The van der Waals surface area contributed by atoms with Crippen LogP contribution in [0.3, 0.4) is 0 Å². The number of rotatable bonds is 2. The molecular weight excluding hydrogens is 401 g/mol. The number of carbonyl (C=O) groups is 1. The maximum absolute atomic E-state index is 13.3. The molecule has 1 fully saturated rings. The summed E-state index contributed by atoms with van der Waals surface area (Å²) in [5.41, 5.74) is 0.744. The predicted octanol–water partition coefficient (Wildman–Crippen LogP) is 4.44. The summed E-state index contributed by atoms with van der Waals surface area (Å²) < 4.78 is 39.9. The Morgan fingerprint density at radius 1 is 1.14 bits per heavy atom. The van der Waals surface area contributed by atoms with Gasteiger partial charge in [0.25, 0.3) is 0 Å². The van der Waals surface area contributed by atoms with E-state index in [1.807, 2.05) is 21.7 Å². The van der Waals surface area contributed by atoms with E-state index in [-0.39, 0.29) is 11.4 Å². The van der Waals surface area contributed by atoms with Crippen LogP contribution in [0.15, 0.2) is 35.2 Å². The van der Waals surface area contributed by atoms with Crippen LogP contribution in [0.4, 0.5) is 19.0 Å². The van der Waals surface area contributed by atoms with Gasteiger partial charge in [0, 0.05) is 50.2 Å². The van der Waals surface area contributed by atoms with Crippen molar-refractivity contribution >= 4 is 34.0 Å². The van der Waals surface area contributed by atoms with E-state index in [4.69, 9.17) is 0 Å². The van der Waals surface area contributed by atoms with Crippen LogP contribution in [0.1, 0.15) is 19.0 Å². The number of hydrogen-bond donors (Lipinski definition) is 0. The van der Waals surface area contributed by atoms with Gasteiger partial charge in [-0.2, -0.15) is 24.5 Å². The molecule has 152 valence electrons. The van der Waals surface area contributed by atoms with Crippen LogP contribution in [0.2, 0.25) is 0 Å². The van der Waals surface area contributed by atoms with E-state index in [0.717, 1.165) is 18.1 Å². The molecular formula is C20H19F3N4OS. The van der Waals surface area contributed by atoms with Crippen molar-refractivity contribution in [3.8, 4) is 11.1 Å². The molecule has 0 bridgehead atoms. The Labute approximate surface area is 169 Å². The lowest BCUT2D eigenvalue weighted by atomic mass is 10.1. The second kappa shape index (κ2) is 7.62. The fraction of sp³-hybridized carbons (Fsp3) is 0.350. The topological polar surface area (TPSA) is 49.3 Å². The lowest BCUT2D eigenvalue weighted by molar-refractivity contribution is -0.141. The van der Waals surface area contributed by atoms with Gasteiger partial charge in [-0.15, -0.1) is 0 Å². The standard InChI is InChI=1S/C20H19F3N4OS/c1-13(28)26-6-2-7-27(9-8-26)19-15-3-4-17(20(21,22)23)25-18(15)16(11-24-19)14-5-10-29-12-14/h3-5,10-12H,2,6-9H2,1H3. The van der Waals surface area contributed by atoms with Crippen LogP contribution >= 0.6 is 11.3 Å². The highest BCUT2D eigenvalue weighted by atomic mass is 32.1. The normalized spacial score (nSPS) is 15.6. The fourth-order valence-corrected chi connectivity index (χ4v) is 4.24. The molecule has 0 radical (unpaired) electrons. The summed E-state index contributed by atoms with van der Waals surface area (Å²) >= 11 is 1.47. The summed E-state index contributed by atoms with van der Waals surface area (Å²) in [7, 11) is 0. The third kappa shape index (κ3) is 3.91. The van der Waals surface area contributed by atoms with E-state index in [1.165, 1.54) is 17.4 Å². The predicted molar refractivity (Wildman–Crippen MR) is 107 cm³/mol. The lowest BCUT2D eigenvalue weighted by Gasteiger charge is -2.24. The summed E-state index contributed by atoms with van der Waals surface area (Å²) in [6.07, 6.45) is -2.16. The summed E-state index contributed by atoms with van der Waals surface area (Å²) in [5.74, 6) is 0.625. The van der Waals surface area contributed by atoms with Crippen LogP contribution in [-0.4, -0.2) is 47.0 Å². The zero-order valence-corrected chi connectivity index (χ0v) is 16.6. The van der Waals surface area contributed by atoms with Crippen molar-refractivity contribution < 1.29 is 18.0 Å². The number of anilines is 1. The Bertz CT molecular complexity index is 1040. The van der Waals surface area contributed by atoms with Crippen molar-refractivity contribution in [3.63, 3.8) is 0 Å². The van der Waals surface area contributed by atoms with E-state index in [0.29, 0.717) is 42.9 Å². The third-order valence-corrected chi connectivity index (χ3v) is 5.75. The van der Waals surface area contributed by atoms with E-state index in [2.05, 4.69) is 9.97 Å². The quantitative estimate of drug-likeness (QED) is 0.615. The number of aromatic nitrogens is 2. The largest absolute Gasteiger partial charge is 0.433 e. The van der Waals surface area contributed by atoms with E-state index in [9.17, 15) is 18.0 Å². The SMILES string of the molecule is CC(=O)N1CCCN(c2ncc(-c3ccsc3)c3nc(C(F)(F)F)ccc23)CC1. The number of pyridine rings is 2. The van der Waals surface area contributed by atoms with Crippen molar-refractivity contribution in [2.24, 2.45) is 0 Å². The molecule has 1 saturated heterocycles. The van der Waals surface area contributed by atoms with Crippen molar-refractivity contribution in [1.82, 2.24) is 14.9 Å². The van der Waals surface area contributed by atoms with Gasteiger partial charge in [0.1, 0.15) is 11.5 Å². The van der Waals surface area contributed by atoms with Gasteiger partial charge < -0.3 is 9.80 Å². The van der Waals surface area contributed by atoms with Crippen LogP contribution in [0, 0.1) is 0 Å². The number of thiophene rings is 1. The molecule has 0 unspecified atom stereocenters. The van der Waals surface area contributed by atoms with Gasteiger partial charge in [0.05, 0.1) is 5.52 Å². The highest BCUT2D eigenvalue weighted by Gasteiger charge is 2.33. The molecule has 0 aromatic carbocycles. The Morgan fingerprint density at radius 2 is 1.97 bits per heavy atom. The number of alkyl halides is 3. The average Bonchev–Trinajstić information content (AvgIpc) is 3.10. The number of halogens is 3. The second-order valence-electron chi connectivity index (χ2n) is 6.94. The van der Waals surface area contributed by atoms with Crippen LogP contribution in [0.5, 0.6) is 0 Å². The smallest absolute Gasteiger partial charge is 0.354 e. The first kappa shape index (κ1) is 19.6. The maximum Gasteiger partial charge on any atom is 0.433 e. The van der Waals surface area contributed by atoms with Gasteiger partial charge in [0.2, 0.25) is 5.91 Å². The van der Waals surface area contributed by atoms with Gasteiger partial charge in [-0.1, -0.05) is 0 Å². The molecule has 4 heterocycles. The maximum atomic E-state index is 13.3. The Hall–Kier alpha value is -2.68. The van der Waals surface area contributed by atoms with Gasteiger partial charge >= 0.3 is 6.18 Å². The first-order chi connectivity index (χ1) is 13.8. The molecule has 0 spiro atoms. The molecule has 1 aliphatic rings. The molecule has 0 N–H and O–H groups in total. The zero-order valence-electron chi connectivity index (χ0n) is 15.7. The van der Waals surface area contributed by atoms with Crippen molar-refractivity contribution in [2.75, 3.05) is 31.1 Å². The number of nitrogens with zero attached hydrogens (tertiary/aromatic N) is 4. The van der Waals surface area contributed by atoms with Gasteiger partial charge in [-0.25, -0.2) is 9.97 Å².